The smallest absolute Gasteiger partial charge is 0.312 e. The Bertz CT molecular complexity index is 771. The summed E-state index contributed by atoms with van der Waals surface area (Å²) >= 11 is 0. The first kappa shape index (κ1) is 21.7. The first-order valence-electron chi connectivity index (χ1n) is 7.41. The van der Waals surface area contributed by atoms with Gasteiger partial charge in [0.2, 0.25) is 0 Å². The molecule has 0 bridgehead atoms. The fourth-order valence-corrected chi connectivity index (χ4v) is 3.93. The molecule has 0 aliphatic rings. The summed E-state index contributed by atoms with van der Waals surface area (Å²) in [7, 11) is -0.791. The fourth-order valence-electron chi connectivity index (χ4n) is 2.37. The van der Waals surface area contributed by atoms with Crippen LogP contribution < -0.4 is 5.43 Å². The summed E-state index contributed by atoms with van der Waals surface area (Å²) in [5, 5.41) is 25.0. The Morgan fingerprint density at radius 3 is 2.27 bits per heavy atom. The van der Waals surface area contributed by atoms with Crippen molar-refractivity contribution in [2.45, 2.75) is 32.3 Å². The molecule has 12 heteroatoms. The van der Waals surface area contributed by atoms with Crippen molar-refractivity contribution in [2.24, 2.45) is 5.10 Å². The molecular weight excluding hydrogens is 367 g/mol. The van der Waals surface area contributed by atoms with Gasteiger partial charge in [-0.1, -0.05) is 0 Å². The molecule has 0 fully saturated rings. The second-order valence-electron chi connectivity index (χ2n) is 6.03. The maximum absolute atomic E-state index is 12.6. The van der Waals surface area contributed by atoms with E-state index < -0.39 is 34.0 Å². The summed E-state index contributed by atoms with van der Waals surface area (Å²) in [4.78, 5) is 20.4. The van der Waals surface area contributed by atoms with Gasteiger partial charge >= 0.3 is 13.3 Å². The molecule has 1 rings (SSSR count). The molecule has 1 aromatic carbocycles. The highest BCUT2D eigenvalue weighted by Gasteiger charge is 2.42. The van der Waals surface area contributed by atoms with Crippen molar-refractivity contribution in [1.29, 1.82) is 0 Å². The molecular formula is C14H21N4O7P. The maximum Gasteiger partial charge on any atom is 0.336 e. The van der Waals surface area contributed by atoms with Crippen LogP contribution in [0, 0.1) is 20.2 Å². The molecule has 144 valence electrons. The number of hydrogen-bond acceptors (Lipinski definition) is 9. The Morgan fingerprint density at radius 2 is 1.81 bits per heavy atom. The summed E-state index contributed by atoms with van der Waals surface area (Å²) in [5.41, 5.74) is 2.13. The molecule has 26 heavy (non-hydrogen) atoms. The molecule has 0 saturated heterocycles. The minimum Gasteiger partial charge on any atom is -0.312 e. The van der Waals surface area contributed by atoms with Gasteiger partial charge in [-0.15, -0.1) is 0 Å². The number of rotatable bonds is 9. The van der Waals surface area contributed by atoms with Crippen LogP contribution in [0.25, 0.3) is 0 Å². The zero-order valence-corrected chi connectivity index (χ0v) is 16.0. The van der Waals surface area contributed by atoms with Crippen molar-refractivity contribution in [2.75, 3.05) is 19.6 Å². The van der Waals surface area contributed by atoms with Gasteiger partial charge in [0.25, 0.3) is 5.69 Å². The van der Waals surface area contributed by atoms with E-state index >= 15 is 0 Å². The third-order valence-corrected chi connectivity index (χ3v) is 6.27. The highest BCUT2D eigenvalue weighted by atomic mass is 31.2. The molecule has 0 aliphatic carbocycles. The summed E-state index contributed by atoms with van der Waals surface area (Å²) in [5.74, 6) is 0. The van der Waals surface area contributed by atoms with E-state index in [0.29, 0.717) is 5.71 Å². The highest BCUT2D eigenvalue weighted by molar-refractivity contribution is 7.55. The third kappa shape index (κ3) is 4.84. The molecule has 0 spiro atoms. The standard InChI is InChI=1S/C14H21N4O7P/c1-10(9-14(2,3)26(23,24-4)25-5)15-16-12-7-6-11(17(19)20)8-13(12)18(21)22/h6-8,16H,9H2,1-5H3/b15-10-. The zero-order chi connectivity index (χ0) is 20.1. The normalized spacial score (nSPS) is 12.7. The Labute approximate surface area is 150 Å². The Hall–Kier alpha value is -2.36. The van der Waals surface area contributed by atoms with Crippen LogP contribution in [-0.4, -0.2) is 34.9 Å². The van der Waals surface area contributed by atoms with Crippen LogP contribution in [0.1, 0.15) is 27.2 Å². The van der Waals surface area contributed by atoms with Gasteiger partial charge in [0.1, 0.15) is 5.69 Å². The first-order valence-corrected chi connectivity index (χ1v) is 8.95. The van der Waals surface area contributed by atoms with Gasteiger partial charge in [-0.05, 0) is 26.8 Å². The van der Waals surface area contributed by atoms with Gasteiger partial charge in [-0.25, -0.2) is 0 Å². The lowest BCUT2D eigenvalue weighted by molar-refractivity contribution is -0.393. The lowest BCUT2D eigenvalue weighted by Gasteiger charge is -2.30. The van der Waals surface area contributed by atoms with E-state index in [1.165, 1.54) is 20.3 Å². The number of nitro groups is 2. The number of non-ortho nitro benzene ring substituents is 1. The number of nitrogens with one attached hydrogen (secondary N) is 1. The average molecular weight is 388 g/mol. The van der Waals surface area contributed by atoms with E-state index in [0.717, 1.165) is 12.1 Å². The van der Waals surface area contributed by atoms with Crippen molar-refractivity contribution in [3.63, 3.8) is 0 Å². The van der Waals surface area contributed by atoms with E-state index in [2.05, 4.69) is 10.5 Å². The second kappa shape index (κ2) is 8.35. The van der Waals surface area contributed by atoms with E-state index in [1.807, 2.05) is 0 Å². The zero-order valence-electron chi connectivity index (χ0n) is 15.1. The molecule has 1 aromatic rings. The summed E-state index contributed by atoms with van der Waals surface area (Å²) in [6.45, 7) is 5.02. The molecule has 0 aromatic heterocycles. The van der Waals surface area contributed by atoms with Gasteiger partial charge in [0.15, 0.2) is 0 Å². The SMILES string of the molecule is COP(=O)(OC)C(C)(C)C/C(C)=N\Nc1ccc([N+](=O)[O-])cc1[N+](=O)[O-]. The Kier molecular flexibility index (Phi) is 6.96. The number of anilines is 1. The minimum absolute atomic E-state index is 0.000535. The van der Waals surface area contributed by atoms with E-state index in [9.17, 15) is 24.8 Å². The lowest BCUT2D eigenvalue weighted by Crippen LogP contribution is -2.25. The third-order valence-electron chi connectivity index (χ3n) is 3.67. The lowest BCUT2D eigenvalue weighted by atomic mass is 10.1. The molecule has 0 saturated carbocycles. The van der Waals surface area contributed by atoms with Crippen LogP contribution in [0.5, 0.6) is 0 Å². The van der Waals surface area contributed by atoms with Crippen molar-refractivity contribution < 1.29 is 23.5 Å². The summed E-state index contributed by atoms with van der Waals surface area (Å²) < 4.78 is 22.6. The molecule has 0 radical (unpaired) electrons. The van der Waals surface area contributed by atoms with Crippen molar-refractivity contribution >= 4 is 30.4 Å². The second-order valence-corrected chi connectivity index (χ2v) is 8.96. The first-order chi connectivity index (χ1) is 12.0. The van der Waals surface area contributed by atoms with Crippen LogP contribution in [-0.2, 0) is 13.6 Å². The topological polar surface area (TPSA) is 146 Å². The van der Waals surface area contributed by atoms with Gasteiger partial charge in [0.05, 0.1) is 21.1 Å². The van der Waals surface area contributed by atoms with Crippen LogP contribution >= 0.6 is 7.60 Å². The van der Waals surface area contributed by atoms with Crippen molar-refractivity contribution in [3.8, 4) is 0 Å². The van der Waals surface area contributed by atoms with Crippen LogP contribution in [0.15, 0.2) is 23.3 Å². The molecule has 0 amide bonds. The molecule has 0 heterocycles. The van der Waals surface area contributed by atoms with Crippen LogP contribution in [0.4, 0.5) is 17.1 Å². The monoisotopic (exact) mass is 388 g/mol. The highest BCUT2D eigenvalue weighted by Crippen LogP contribution is 2.60. The Balaban J connectivity index is 3.05. The molecule has 1 N–H and O–H groups in total. The van der Waals surface area contributed by atoms with Crippen LogP contribution in [0.2, 0.25) is 0 Å². The fraction of sp³-hybridized carbons (Fsp3) is 0.500. The predicted molar refractivity (Wildman–Crippen MR) is 96.8 cm³/mol. The van der Waals surface area contributed by atoms with E-state index in [4.69, 9.17) is 9.05 Å². The maximum atomic E-state index is 12.6. The largest absolute Gasteiger partial charge is 0.336 e. The summed E-state index contributed by atoms with van der Waals surface area (Å²) in [6.07, 6.45) is 0.222. The minimum atomic E-state index is -3.37. The number of hydrazone groups is 1. The number of benzene rings is 1. The summed E-state index contributed by atoms with van der Waals surface area (Å²) in [6, 6.07) is 3.18. The van der Waals surface area contributed by atoms with Crippen molar-refractivity contribution in [1.82, 2.24) is 0 Å². The van der Waals surface area contributed by atoms with E-state index in [1.54, 1.807) is 20.8 Å². The molecule has 0 unspecified atom stereocenters. The van der Waals surface area contributed by atoms with E-state index in [-0.39, 0.29) is 12.1 Å². The Morgan fingerprint density at radius 1 is 1.23 bits per heavy atom. The van der Waals surface area contributed by atoms with Gasteiger partial charge in [0, 0.05) is 32.4 Å². The predicted octanol–water partition coefficient (Wildman–Crippen LogP) is 3.95. The number of hydrogen-bond donors (Lipinski definition) is 1. The van der Waals surface area contributed by atoms with Crippen LogP contribution in [0.3, 0.4) is 0 Å². The average Bonchev–Trinajstić information content (AvgIpc) is 2.58. The quantitative estimate of drug-likeness (QED) is 0.289. The number of nitro benzene ring substituents is 2. The van der Waals surface area contributed by atoms with Gasteiger partial charge in [-0.2, -0.15) is 5.10 Å². The molecule has 0 aliphatic heterocycles. The van der Waals surface area contributed by atoms with Gasteiger partial charge < -0.3 is 9.05 Å². The van der Waals surface area contributed by atoms with Gasteiger partial charge in [-0.3, -0.25) is 30.2 Å². The van der Waals surface area contributed by atoms with Crippen molar-refractivity contribution in [3.05, 3.63) is 38.4 Å². The molecule has 11 nitrogen and oxygen atoms in total. The number of nitrogens with zero attached hydrogens (tertiary/aromatic N) is 3. The molecule has 0 atom stereocenters.